The fraction of sp³-hybridized carbons (Fsp3) is 0.235. The first-order valence-electron chi connectivity index (χ1n) is 7.86. The summed E-state index contributed by atoms with van der Waals surface area (Å²) in [5.74, 6) is 0.578. The Morgan fingerprint density at radius 3 is 2.73 bits per heavy atom. The Morgan fingerprint density at radius 2 is 2.00 bits per heavy atom. The van der Waals surface area contributed by atoms with Gasteiger partial charge >= 0.3 is 0 Å². The first kappa shape index (κ1) is 19.5. The first-order chi connectivity index (χ1) is 12.5. The maximum absolute atomic E-state index is 12.3. The molecule has 26 heavy (non-hydrogen) atoms. The molecule has 2 aromatic rings. The number of hydrogen-bond donors (Lipinski definition) is 3. The van der Waals surface area contributed by atoms with Crippen molar-refractivity contribution in [2.24, 2.45) is 0 Å². The van der Waals surface area contributed by atoms with Crippen molar-refractivity contribution < 1.29 is 4.79 Å². The van der Waals surface area contributed by atoms with Crippen molar-refractivity contribution in [3.63, 3.8) is 0 Å². The van der Waals surface area contributed by atoms with Gasteiger partial charge in [-0.05, 0) is 30.3 Å². The third-order valence-corrected chi connectivity index (χ3v) is 6.09. The summed E-state index contributed by atoms with van der Waals surface area (Å²) in [4.78, 5) is 16.4. The number of hydrogen-bond acceptors (Lipinski definition) is 6. The summed E-state index contributed by atoms with van der Waals surface area (Å²) < 4.78 is 0.0581. The molecular formula is C17H18Cl2N4OS2. The van der Waals surface area contributed by atoms with Crippen LogP contribution in [0, 0.1) is 0 Å². The van der Waals surface area contributed by atoms with Gasteiger partial charge in [0.1, 0.15) is 4.71 Å². The van der Waals surface area contributed by atoms with Crippen molar-refractivity contribution >= 4 is 64.9 Å². The molecule has 5 nitrogen and oxygen atoms in total. The molecule has 0 saturated carbocycles. The number of amides is 1. The van der Waals surface area contributed by atoms with E-state index in [9.17, 15) is 4.79 Å². The lowest BCUT2D eigenvalue weighted by molar-refractivity contribution is -0.121. The van der Waals surface area contributed by atoms with Crippen LogP contribution in [0.1, 0.15) is 0 Å². The smallest absolute Gasteiger partial charge is 0.252 e. The van der Waals surface area contributed by atoms with E-state index in [2.05, 4.69) is 28.4 Å². The third-order valence-electron chi connectivity index (χ3n) is 3.75. The molecule has 0 aliphatic carbocycles. The summed E-state index contributed by atoms with van der Waals surface area (Å²) in [6, 6.07) is 15.1. The molecule has 1 aliphatic rings. The van der Waals surface area contributed by atoms with Gasteiger partial charge in [0.2, 0.25) is 0 Å². The zero-order chi connectivity index (χ0) is 18.5. The minimum absolute atomic E-state index is 0.0581. The summed E-state index contributed by atoms with van der Waals surface area (Å²) in [5, 5.41) is 0.985. The number of thiol groups is 1. The Hall–Kier alpha value is -1.25. The van der Waals surface area contributed by atoms with Gasteiger partial charge < -0.3 is 4.90 Å². The van der Waals surface area contributed by atoms with Gasteiger partial charge in [0.05, 0.1) is 23.9 Å². The number of carbonyl (C=O) groups is 1. The molecule has 1 amide bonds. The number of halogens is 2. The van der Waals surface area contributed by atoms with Crippen LogP contribution in [-0.4, -0.2) is 34.6 Å². The number of anilines is 2. The quantitative estimate of drug-likeness (QED) is 0.493. The number of benzene rings is 2. The van der Waals surface area contributed by atoms with Gasteiger partial charge in [-0.1, -0.05) is 41.4 Å². The van der Waals surface area contributed by atoms with E-state index in [-0.39, 0.29) is 17.2 Å². The van der Waals surface area contributed by atoms with E-state index >= 15 is 0 Å². The lowest BCUT2D eigenvalue weighted by Crippen LogP contribution is -2.49. The summed E-state index contributed by atoms with van der Waals surface area (Å²) >= 11 is 18.2. The van der Waals surface area contributed by atoms with Gasteiger partial charge in [0.15, 0.2) is 0 Å². The van der Waals surface area contributed by atoms with Crippen LogP contribution in [0.25, 0.3) is 0 Å². The average molecular weight is 429 g/mol. The van der Waals surface area contributed by atoms with Gasteiger partial charge in [0.25, 0.3) is 5.91 Å². The van der Waals surface area contributed by atoms with E-state index in [0.717, 1.165) is 11.6 Å². The van der Waals surface area contributed by atoms with Crippen molar-refractivity contribution in [1.29, 1.82) is 0 Å². The lowest BCUT2D eigenvalue weighted by Gasteiger charge is -2.40. The van der Waals surface area contributed by atoms with Gasteiger partial charge in [-0.3, -0.25) is 20.5 Å². The molecule has 1 unspecified atom stereocenters. The Morgan fingerprint density at radius 1 is 1.23 bits per heavy atom. The molecule has 1 heterocycles. The predicted octanol–water partition coefficient (Wildman–Crippen LogP) is 4.12. The Labute approximate surface area is 172 Å². The first-order valence-corrected chi connectivity index (χ1v) is 10.2. The molecule has 0 aromatic heterocycles. The molecule has 2 aromatic carbocycles. The fourth-order valence-corrected chi connectivity index (χ4v) is 4.23. The van der Waals surface area contributed by atoms with E-state index in [4.69, 9.17) is 23.2 Å². The van der Waals surface area contributed by atoms with Crippen LogP contribution in [0.2, 0.25) is 10.0 Å². The standard InChI is InChI=1S/C17H18Cl2N4OS2/c18-12-6-7-15(14(19)8-12)20-21-16(24)9-22-10-23(17(25)26-11-22)13-4-2-1-3-5-13/h1-8,17,20,25H,9-11H2,(H,21,24). The minimum atomic E-state index is -0.151. The number of carbonyl (C=O) groups excluding carboxylic acids is 1. The van der Waals surface area contributed by atoms with Crippen molar-refractivity contribution in [2.75, 3.05) is 29.4 Å². The molecule has 0 spiro atoms. The minimum Gasteiger partial charge on any atom is -0.338 e. The summed E-state index contributed by atoms with van der Waals surface area (Å²) in [6.45, 7) is 0.884. The van der Waals surface area contributed by atoms with Crippen LogP contribution in [0.5, 0.6) is 0 Å². The van der Waals surface area contributed by atoms with E-state index in [1.165, 1.54) is 0 Å². The van der Waals surface area contributed by atoms with Gasteiger partial charge in [-0.2, -0.15) is 0 Å². The largest absolute Gasteiger partial charge is 0.338 e. The second-order valence-electron chi connectivity index (χ2n) is 5.70. The Balaban J connectivity index is 1.54. The molecule has 138 valence electrons. The van der Waals surface area contributed by atoms with Crippen LogP contribution in [0.3, 0.4) is 0 Å². The van der Waals surface area contributed by atoms with Crippen molar-refractivity contribution in [3.8, 4) is 0 Å². The van der Waals surface area contributed by atoms with E-state index < -0.39 is 0 Å². The summed E-state index contributed by atoms with van der Waals surface area (Å²) in [6.07, 6.45) is 0. The summed E-state index contributed by atoms with van der Waals surface area (Å²) in [5.41, 5.74) is 7.17. The molecule has 1 saturated heterocycles. The van der Waals surface area contributed by atoms with E-state index in [0.29, 0.717) is 22.4 Å². The number of nitrogens with one attached hydrogen (secondary N) is 2. The number of thioether (sulfide) groups is 1. The van der Waals surface area contributed by atoms with Gasteiger partial charge in [0, 0.05) is 16.6 Å². The fourth-order valence-electron chi connectivity index (χ4n) is 2.48. The zero-order valence-corrected chi connectivity index (χ0v) is 17.0. The monoisotopic (exact) mass is 428 g/mol. The molecule has 2 N–H and O–H groups in total. The SMILES string of the molecule is O=C(CN1CSC(S)N(c2ccccc2)C1)NNc1ccc(Cl)cc1Cl. The number of rotatable bonds is 5. The van der Waals surface area contributed by atoms with E-state index in [1.54, 1.807) is 30.0 Å². The van der Waals surface area contributed by atoms with Gasteiger partial charge in [-0.15, -0.1) is 24.4 Å². The second kappa shape index (κ2) is 9.10. The molecule has 1 fully saturated rings. The molecule has 0 bridgehead atoms. The highest BCUT2D eigenvalue weighted by atomic mass is 35.5. The third kappa shape index (κ3) is 5.14. The van der Waals surface area contributed by atoms with Crippen molar-refractivity contribution in [1.82, 2.24) is 10.3 Å². The number of nitrogens with zero attached hydrogens (tertiary/aromatic N) is 2. The van der Waals surface area contributed by atoms with Gasteiger partial charge in [-0.25, -0.2) is 0 Å². The van der Waals surface area contributed by atoms with Crippen LogP contribution >= 0.6 is 47.6 Å². The van der Waals surface area contributed by atoms with Crippen LogP contribution in [0.15, 0.2) is 48.5 Å². The lowest BCUT2D eigenvalue weighted by atomic mass is 10.3. The number of para-hydroxylation sites is 1. The molecule has 1 aliphatic heterocycles. The highest BCUT2D eigenvalue weighted by molar-refractivity contribution is 8.10. The topological polar surface area (TPSA) is 47.6 Å². The van der Waals surface area contributed by atoms with Crippen LogP contribution in [0.4, 0.5) is 11.4 Å². The molecule has 3 rings (SSSR count). The number of hydrazine groups is 1. The Bertz CT molecular complexity index is 766. The van der Waals surface area contributed by atoms with E-state index in [1.807, 2.05) is 35.2 Å². The van der Waals surface area contributed by atoms with Crippen molar-refractivity contribution in [2.45, 2.75) is 4.71 Å². The Kier molecular flexibility index (Phi) is 6.83. The molecule has 9 heteroatoms. The zero-order valence-electron chi connectivity index (χ0n) is 13.7. The second-order valence-corrected chi connectivity index (χ2v) is 8.42. The molecule has 1 atom stereocenters. The maximum Gasteiger partial charge on any atom is 0.252 e. The predicted molar refractivity (Wildman–Crippen MR) is 114 cm³/mol. The normalized spacial score (nSPS) is 17.8. The van der Waals surface area contributed by atoms with Crippen molar-refractivity contribution in [3.05, 3.63) is 58.6 Å². The highest BCUT2D eigenvalue weighted by Crippen LogP contribution is 2.30. The van der Waals surface area contributed by atoms with Crippen LogP contribution < -0.4 is 15.8 Å². The molecular weight excluding hydrogens is 411 g/mol. The molecule has 0 radical (unpaired) electrons. The van der Waals surface area contributed by atoms with Crippen LogP contribution in [-0.2, 0) is 4.79 Å². The maximum atomic E-state index is 12.3. The summed E-state index contributed by atoms with van der Waals surface area (Å²) in [7, 11) is 0. The average Bonchev–Trinajstić information content (AvgIpc) is 2.63. The highest BCUT2D eigenvalue weighted by Gasteiger charge is 2.26.